The summed E-state index contributed by atoms with van der Waals surface area (Å²) in [7, 11) is 0. The highest BCUT2D eigenvalue weighted by Crippen LogP contribution is 2.08. The van der Waals surface area contributed by atoms with Gasteiger partial charge in [-0.05, 0) is 30.4 Å². The first-order chi connectivity index (χ1) is 7.63. The molecule has 0 bridgehead atoms. The minimum absolute atomic E-state index is 0.372. The summed E-state index contributed by atoms with van der Waals surface area (Å²) in [6.45, 7) is 3.67. The number of aliphatic carboxylic acids is 1. The Balaban J connectivity index is 2.57. The number of hydrogen-bond donors (Lipinski definition) is 2. The molecule has 1 unspecified atom stereocenters. The van der Waals surface area contributed by atoms with Gasteiger partial charge in [-0.25, -0.2) is 0 Å². The Morgan fingerprint density at radius 3 is 2.44 bits per heavy atom. The van der Waals surface area contributed by atoms with Gasteiger partial charge in [-0.1, -0.05) is 30.3 Å². The van der Waals surface area contributed by atoms with Crippen LogP contribution in [0.5, 0.6) is 0 Å². The van der Waals surface area contributed by atoms with Gasteiger partial charge in [0.05, 0.1) is 0 Å². The van der Waals surface area contributed by atoms with Crippen molar-refractivity contribution in [1.82, 2.24) is 0 Å². The van der Waals surface area contributed by atoms with Crippen molar-refractivity contribution in [3.63, 3.8) is 0 Å². The summed E-state index contributed by atoms with van der Waals surface area (Å²) in [6.07, 6.45) is 4.17. The van der Waals surface area contributed by atoms with Crippen LogP contribution in [0.25, 0.3) is 0 Å². The molecule has 0 fully saturated rings. The van der Waals surface area contributed by atoms with Crippen molar-refractivity contribution in [2.75, 3.05) is 0 Å². The van der Waals surface area contributed by atoms with Gasteiger partial charge in [0.2, 0.25) is 0 Å². The zero-order valence-corrected chi connectivity index (χ0v) is 9.23. The Kier molecular flexibility index (Phi) is 4.73. The minimum atomic E-state index is -0.962. The van der Waals surface area contributed by atoms with Crippen molar-refractivity contribution in [2.45, 2.75) is 25.3 Å². The molecule has 0 aliphatic rings. The Morgan fingerprint density at radius 1 is 1.38 bits per heavy atom. The van der Waals surface area contributed by atoms with Crippen LogP contribution in [-0.2, 0) is 17.6 Å². The van der Waals surface area contributed by atoms with Crippen molar-refractivity contribution in [3.8, 4) is 0 Å². The number of rotatable bonds is 6. The molecule has 3 nitrogen and oxygen atoms in total. The third-order valence-electron chi connectivity index (χ3n) is 2.43. The van der Waals surface area contributed by atoms with Crippen LogP contribution in [0.3, 0.4) is 0 Å². The molecule has 86 valence electrons. The molecule has 0 spiro atoms. The largest absolute Gasteiger partial charge is 0.480 e. The van der Waals surface area contributed by atoms with E-state index >= 15 is 0 Å². The molecule has 0 saturated carbocycles. The molecule has 0 aliphatic carbocycles. The standard InChI is InChI=1S/C13H17NO2/c1-2-3-4-10-5-7-11(8-6-10)9-12(14)13(15)16/h2,5-8,12H,1,3-4,9,14H2,(H,15,16). The second-order valence-electron chi connectivity index (χ2n) is 3.79. The predicted molar refractivity (Wildman–Crippen MR) is 64.3 cm³/mol. The monoisotopic (exact) mass is 219 g/mol. The molecule has 1 rings (SSSR count). The Labute approximate surface area is 95.6 Å². The molecular formula is C13H17NO2. The van der Waals surface area contributed by atoms with Gasteiger partial charge in [-0.2, -0.15) is 0 Å². The quantitative estimate of drug-likeness (QED) is 0.716. The zero-order chi connectivity index (χ0) is 12.0. The van der Waals surface area contributed by atoms with Crippen molar-refractivity contribution in [2.24, 2.45) is 5.73 Å². The highest BCUT2D eigenvalue weighted by molar-refractivity contribution is 5.73. The highest BCUT2D eigenvalue weighted by atomic mass is 16.4. The lowest BCUT2D eigenvalue weighted by molar-refractivity contribution is -0.138. The van der Waals surface area contributed by atoms with Crippen molar-refractivity contribution in [3.05, 3.63) is 48.0 Å². The molecule has 0 radical (unpaired) electrons. The highest BCUT2D eigenvalue weighted by Gasteiger charge is 2.11. The molecule has 0 saturated heterocycles. The maximum absolute atomic E-state index is 10.6. The number of carbonyl (C=O) groups is 1. The average Bonchev–Trinajstić information content (AvgIpc) is 2.28. The third-order valence-corrected chi connectivity index (χ3v) is 2.43. The van der Waals surface area contributed by atoms with Gasteiger partial charge >= 0.3 is 5.97 Å². The van der Waals surface area contributed by atoms with E-state index in [1.54, 1.807) is 0 Å². The second-order valence-corrected chi connectivity index (χ2v) is 3.79. The van der Waals surface area contributed by atoms with Crippen molar-refractivity contribution >= 4 is 5.97 Å². The van der Waals surface area contributed by atoms with Gasteiger partial charge in [0.15, 0.2) is 0 Å². The lowest BCUT2D eigenvalue weighted by atomic mass is 10.0. The molecule has 0 aliphatic heterocycles. The SMILES string of the molecule is C=CCCc1ccc(CC(N)C(=O)O)cc1. The fourth-order valence-corrected chi connectivity index (χ4v) is 1.45. The van der Waals surface area contributed by atoms with E-state index < -0.39 is 12.0 Å². The van der Waals surface area contributed by atoms with Gasteiger partial charge in [0, 0.05) is 0 Å². The van der Waals surface area contributed by atoms with Crippen molar-refractivity contribution < 1.29 is 9.90 Å². The van der Waals surface area contributed by atoms with Crippen LogP contribution in [0.4, 0.5) is 0 Å². The van der Waals surface area contributed by atoms with Crippen LogP contribution in [0, 0.1) is 0 Å². The lowest BCUT2D eigenvalue weighted by Crippen LogP contribution is -2.32. The maximum Gasteiger partial charge on any atom is 0.320 e. The first-order valence-electron chi connectivity index (χ1n) is 5.30. The average molecular weight is 219 g/mol. The fraction of sp³-hybridized carbons (Fsp3) is 0.308. The van der Waals surface area contributed by atoms with Gasteiger partial charge in [-0.3, -0.25) is 4.79 Å². The molecule has 1 aromatic carbocycles. The Hall–Kier alpha value is -1.61. The lowest BCUT2D eigenvalue weighted by Gasteiger charge is -2.07. The number of benzene rings is 1. The summed E-state index contributed by atoms with van der Waals surface area (Å²) in [4.78, 5) is 10.6. The molecule has 1 atom stereocenters. The summed E-state index contributed by atoms with van der Waals surface area (Å²) in [6, 6.07) is 7.06. The summed E-state index contributed by atoms with van der Waals surface area (Å²) >= 11 is 0. The smallest absolute Gasteiger partial charge is 0.320 e. The van der Waals surface area contributed by atoms with E-state index in [-0.39, 0.29) is 0 Å². The maximum atomic E-state index is 10.6. The van der Waals surface area contributed by atoms with Gasteiger partial charge in [0.25, 0.3) is 0 Å². The van der Waals surface area contributed by atoms with E-state index in [0.717, 1.165) is 18.4 Å². The van der Waals surface area contributed by atoms with Crippen LogP contribution >= 0.6 is 0 Å². The van der Waals surface area contributed by atoms with Crippen LogP contribution in [-0.4, -0.2) is 17.1 Å². The van der Waals surface area contributed by atoms with Crippen molar-refractivity contribution in [1.29, 1.82) is 0 Å². The van der Waals surface area contributed by atoms with E-state index in [0.29, 0.717) is 6.42 Å². The molecule has 0 heterocycles. The molecule has 0 amide bonds. The number of hydrogen-bond acceptors (Lipinski definition) is 2. The van der Waals surface area contributed by atoms with Gasteiger partial charge in [0.1, 0.15) is 6.04 Å². The molecule has 0 aromatic heterocycles. The zero-order valence-electron chi connectivity index (χ0n) is 9.23. The van der Waals surface area contributed by atoms with Crippen LogP contribution in [0.2, 0.25) is 0 Å². The number of nitrogens with two attached hydrogens (primary N) is 1. The Morgan fingerprint density at radius 2 is 1.94 bits per heavy atom. The van der Waals surface area contributed by atoms with E-state index in [1.165, 1.54) is 5.56 Å². The van der Waals surface area contributed by atoms with Crippen LogP contribution in [0.1, 0.15) is 17.5 Å². The first-order valence-corrected chi connectivity index (χ1v) is 5.30. The number of aryl methyl sites for hydroxylation is 1. The van der Waals surface area contributed by atoms with Gasteiger partial charge < -0.3 is 10.8 Å². The fourth-order valence-electron chi connectivity index (χ4n) is 1.45. The number of allylic oxidation sites excluding steroid dienone is 1. The topological polar surface area (TPSA) is 63.3 Å². The normalized spacial score (nSPS) is 12.1. The van der Waals surface area contributed by atoms with Crippen LogP contribution in [0.15, 0.2) is 36.9 Å². The van der Waals surface area contributed by atoms with E-state index in [1.807, 2.05) is 30.3 Å². The molecule has 3 N–H and O–H groups in total. The van der Waals surface area contributed by atoms with E-state index in [2.05, 4.69) is 6.58 Å². The predicted octanol–water partition coefficient (Wildman–Crippen LogP) is 1.76. The Bertz CT molecular complexity index is 357. The summed E-state index contributed by atoms with van der Waals surface area (Å²) in [5, 5.41) is 8.68. The molecule has 16 heavy (non-hydrogen) atoms. The van der Waals surface area contributed by atoms with E-state index in [4.69, 9.17) is 10.8 Å². The summed E-state index contributed by atoms with van der Waals surface area (Å²) in [5.41, 5.74) is 7.64. The minimum Gasteiger partial charge on any atom is -0.480 e. The molecular weight excluding hydrogens is 202 g/mol. The number of carboxylic acid groups (broad SMARTS) is 1. The van der Waals surface area contributed by atoms with Gasteiger partial charge in [-0.15, -0.1) is 6.58 Å². The van der Waals surface area contributed by atoms with E-state index in [9.17, 15) is 4.79 Å². The summed E-state index contributed by atoms with van der Waals surface area (Å²) in [5.74, 6) is -0.962. The number of carboxylic acids is 1. The second kappa shape index (κ2) is 6.08. The molecule has 3 heteroatoms. The third kappa shape index (κ3) is 3.87. The molecule has 1 aromatic rings. The summed E-state index contributed by atoms with van der Waals surface area (Å²) < 4.78 is 0. The first kappa shape index (κ1) is 12.5. The van der Waals surface area contributed by atoms with Crippen LogP contribution < -0.4 is 5.73 Å².